The second kappa shape index (κ2) is 7.69. The van der Waals surface area contributed by atoms with E-state index in [1.54, 1.807) is 52.0 Å². The van der Waals surface area contributed by atoms with Gasteiger partial charge in [0.05, 0.1) is 17.4 Å². The molecule has 1 aromatic heterocycles. The Morgan fingerprint density at radius 1 is 1.20 bits per heavy atom. The number of carbonyl (C=O) groups excluding carboxylic acids is 1. The van der Waals surface area contributed by atoms with Crippen LogP contribution in [0.4, 0.5) is 11.4 Å². The minimum atomic E-state index is -3.33. The molecule has 1 unspecified atom stereocenters. The Balaban J connectivity index is 2.05. The zero-order chi connectivity index (χ0) is 18.6. The zero-order valence-electron chi connectivity index (χ0n) is 14.8. The molecule has 0 saturated heterocycles. The summed E-state index contributed by atoms with van der Waals surface area (Å²) in [6.45, 7) is 7.16. The average Bonchev–Trinajstić information content (AvgIpc) is 2.87. The second-order valence-electron chi connectivity index (χ2n) is 5.95. The summed E-state index contributed by atoms with van der Waals surface area (Å²) in [7, 11) is -3.33. The van der Waals surface area contributed by atoms with Crippen LogP contribution in [-0.4, -0.2) is 25.2 Å². The van der Waals surface area contributed by atoms with Crippen LogP contribution in [0.15, 0.2) is 28.8 Å². The molecule has 1 amide bonds. The van der Waals surface area contributed by atoms with Crippen molar-refractivity contribution in [3.8, 4) is 0 Å². The number of nitrogens with zero attached hydrogens (tertiary/aromatic N) is 1. The Bertz CT molecular complexity index is 822. The molecular weight excluding hydrogens is 342 g/mol. The van der Waals surface area contributed by atoms with Crippen LogP contribution in [0.5, 0.6) is 0 Å². The van der Waals surface area contributed by atoms with Crippen LogP contribution in [0.25, 0.3) is 0 Å². The maximum atomic E-state index is 12.4. The van der Waals surface area contributed by atoms with Crippen molar-refractivity contribution >= 4 is 27.3 Å². The third-order valence-corrected chi connectivity index (χ3v) is 5.31. The number of anilines is 2. The SMILES string of the molecule is CCCS(=O)(=O)Nc1ccc(NC(=O)C(C)c2c(C)noc2C)cc1. The predicted molar refractivity (Wildman–Crippen MR) is 97.2 cm³/mol. The van der Waals surface area contributed by atoms with E-state index in [4.69, 9.17) is 4.52 Å². The van der Waals surface area contributed by atoms with Gasteiger partial charge in [0.2, 0.25) is 15.9 Å². The predicted octanol–water partition coefficient (Wildman–Crippen LogP) is 3.19. The fourth-order valence-corrected chi connectivity index (χ4v) is 3.75. The lowest BCUT2D eigenvalue weighted by Gasteiger charge is -2.13. The van der Waals surface area contributed by atoms with Crippen LogP contribution in [0.3, 0.4) is 0 Å². The lowest BCUT2D eigenvalue weighted by molar-refractivity contribution is -0.117. The molecule has 8 heteroatoms. The largest absolute Gasteiger partial charge is 0.361 e. The maximum absolute atomic E-state index is 12.4. The molecule has 2 N–H and O–H groups in total. The smallest absolute Gasteiger partial charge is 0.232 e. The normalized spacial score (nSPS) is 12.6. The Hall–Kier alpha value is -2.35. The first-order valence-electron chi connectivity index (χ1n) is 8.07. The number of benzene rings is 1. The van der Waals surface area contributed by atoms with Crippen molar-refractivity contribution in [2.75, 3.05) is 15.8 Å². The van der Waals surface area contributed by atoms with E-state index < -0.39 is 15.9 Å². The van der Waals surface area contributed by atoms with Crippen molar-refractivity contribution in [3.05, 3.63) is 41.3 Å². The molecule has 25 heavy (non-hydrogen) atoms. The molecule has 0 fully saturated rings. The van der Waals surface area contributed by atoms with Crippen LogP contribution in [0.1, 0.15) is 43.2 Å². The summed E-state index contributed by atoms with van der Waals surface area (Å²) in [6, 6.07) is 6.54. The van der Waals surface area contributed by atoms with Gasteiger partial charge in [-0.2, -0.15) is 0 Å². The molecule has 1 atom stereocenters. The number of aromatic nitrogens is 1. The molecular formula is C17H23N3O4S. The number of carbonyl (C=O) groups is 1. The number of aryl methyl sites for hydroxylation is 2. The van der Waals surface area contributed by atoms with E-state index in [0.29, 0.717) is 29.2 Å². The summed E-state index contributed by atoms with van der Waals surface area (Å²) in [5.74, 6) is 0.101. The van der Waals surface area contributed by atoms with Crippen molar-refractivity contribution in [1.82, 2.24) is 5.16 Å². The Labute approximate surface area is 147 Å². The van der Waals surface area contributed by atoms with E-state index in [2.05, 4.69) is 15.2 Å². The summed E-state index contributed by atoms with van der Waals surface area (Å²) in [4.78, 5) is 12.4. The van der Waals surface area contributed by atoms with E-state index in [-0.39, 0.29) is 11.7 Å². The molecule has 0 bridgehead atoms. The molecule has 1 heterocycles. The highest BCUT2D eigenvalue weighted by Crippen LogP contribution is 2.25. The molecule has 0 radical (unpaired) electrons. The van der Waals surface area contributed by atoms with Gasteiger partial charge in [0.25, 0.3) is 0 Å². The summed E-state index contributed by atoms with van der Waals surface area (Å²) in [5, 5.41) is 6.68. The highest BCUT2D eigenvalue weighted by molar-refractivity contribution is 7.92. The number of nitrogens with one attached hydrogen (secondary N) is 2. The lowest BCUT2D eigenvalue weighted by atomic mass is 9.98. The molecule has 0 aliphatic heterocycles. The zero-order valence-corrected chi connectivity index (χ0v) is 15.6. The third kappa shape index (κ3) is 4.82. The molecule has 2 rings (SSSR count). The second-order valence-corrected chi connectivity index (χ2v) is 7.79. The quantitative estimate of drug-likeness (QED) is 0.785. The first-order chi connectivity index (χ1) is 11.7. The summed E-state index contributed by atoms with van der Waals surface area (Å²) >= 11 is 0. The van der Waals surface area contributed by atoms with Crippen molar-refractivity contribution in [1.29, 1.82) is 0 Å². The van der Waals surface area contributed by atoms with E-state index in [9.17, 15) is 13.2 Å². The first kappa shape index (κ1) is 19.0. The summed E-state index contributed by atoms with van der Waals surface area (Å²) in [6.07, 6.45) is 0.545. The van der Waals surface area contributed by atoms with Gasteiger partial charge in [0.15, 0.2) is 0 Å². The van der Waals surface area contributed by atoms with Crippen LogP contribution < -0.4 is 10.0 Å². The van der Waals surface area contributed by atoms with Gasteiger partial charge < -0.3 is 9.84 Å². The fraction of sp³-hybridized carbons (Fsp3) is 0.412. The Morgan fingerprint density at radius 2 is 1.80 bits per heavy atom. The average molecular weight is 365 g/mol. The molecule has 0 saturated carbocycles. The molecule has 7 nitrogen and oxygen atoms in total. The first-order valence-corrected chi connectivity index (χ1v) is 9.73. The van der Waals surface area contributed by atoms with Gasteiger partial charge in [0.1, 0.15) is 5.76 Å². The number of rotatable bonds is 7. The van der Waals surface area contributed by atoms with Gasteiger partial charge >= 0.3 is 0 Å². The summed E-state index contributed by atoms with van der Waals surface area (Å²) in [5.41, 5.74) is 2.52. The maximum Gasteiger partial charge on any atom is 0.232 e. The highest BCUT2D eigenvalue weighted by Gasteiger charge is 2.23. The van der Waals surface area contributed by atoms with Gasteiger partial charge in [0, 0.05) is 16.9 Å². The number of hydrogen-bond donors (Lipinski definition) is 2. The molecule has 0 aliphatic rings. The van der Waals surface area contributed by atoms with Gasteiger partial charge in [-0.05, 0) is 51.5 Å². The van der Waals surface area contributed by atoms with E-state index in [0.717, 1.165) is 5.56 Å². The lowest BCUT2D eigenvalue weighted by Crippen LogP contribution is -2.20. The van der Waals surface area contributed by atoms with Gasteiger partial charge in [-0.3, -0.25) is 9.52 Å². The molecule has 0 spiro atoms. The van der Waals surface area contributed by atoms with Gasteiger partial charge in [-0.25, -0.2) is 8.42 Å². The van der Waals surface area contributed by atoms with Crippen molar-refractivity contribution in [2.45, 2.75) is 40.0 Å². The number of amides is 1. The Morgan fingerprint density at radius 3 is 2.32 bits per heavy atom. The monoisotopic (exact) mass is 365 g/mol. The van der Waals surface area contributed by atoms with Gasteiger partial charge in [-0.15, -0.1) is 0 Å². The van der Waals surface area contributed by atoms with E-state index >= 15 is 0 Å². The molecule has 1 aromatic carbocycles. The van der Waals surface area contributed by atoms with Crippen molar-refractivity contribution in [2.24, 2.45) is 0 Å². The van der Waals surface area contributed by atoms with E-state index in [1.807, 2.05) is 0 Å². The van der Waals surface area contributed by atoms with Gasteiger partial charge in [-0.1, -0.05) is 12.1 Å². The van der Waals surface area contributed by atoms with E-state index in [1.165, 1.54) is 0 Å². The topological polar surface area (TPSA) is 101 Å². The molecule has 136 valence electrons. The van der Waals surface area contributed by atoms with Crippen LogP contribution in [-0.2, 0) is 14.8 Å². The minimum absolute atomic E-state index is 0.0699. The number of sulfonamides is 1. The molecule has 2 aromatic rings. The Kier molecular flexibility index (Phi) is 5.84. The van der Waals surface area contributed by atoms with Crippen molar-refractivity contribution < 1.29 is 17.7 Å². The van der Waals surface area contributed by atoms with Crippen molar-refractivity contribution in [3.63, 3.8) is 0 Å². The fourth-order valence-electron chi connectivity index (χ4n) is 2.61. The minimum Gasteiger partial charge on any atom is -0.361 e. The van der Waals surface area contributed by atoms with Crippen LogP contribution in [0, 0.1) is 13.8 Å². The number of hydrogen-bond acceptors (Lipinski definition) is 5. The third-order valence-electron chi connectivity index (χ3n) is 3.81. The van der Waals surface area contributed by atoms with Crippen LogP contribution in [0.2, 0.25) is 0 Å². The van der Waals surface area contributed by atoms with Crippen LogP contribution >= 0.6 is 0 Å². The highest BCUT2D eigenvalue weighted by atomic mass is 32.2. The summed E-state index contributed by atoms with van der Waals surface area (Å²) < 4.78 is 31.1. The molecule has 0 aliphatic carbocycles. The standard InChI is InChI=1S/C17H23N3O4S/c1-5-10-25(22,23)20-15-8-6-14(7-9-15)18-17(21)11(2)16-12(3)19-24-13(16)4/h6-9,11,20H,5,10H2,1-4H3,(H,18,21).